The van der Waals surface area contributed by atoms with E-state index >= 15 is 0 Å². The second kappa shape index (κ2) is 6.28. The molecule has 3 atom stereocenters. The lowest BCUT2D eigenvalue weighted by Crippen LogP contribution is -2.33. The summed E-state index contributed by atoms with van der Waals surface area (Å²) in [6, 6.07) is 3.63. The maximum atomic E-state index is 12.9. The van der Waals surface area contributed by atoms with Crippen molar-refractivity contribution in [1.29, 1.82) is 0 Å². The highest BCUT2D eigenvalue weighted by Gasteiger charge is 2.42. The number of benzene rings is 1. The van der Waals surface area contributed by atoms with E-state index in [4.69, 9.17) is 19.9 Å². The van der Waals surface area contributed by atoms with E-state index in [2.05, 4.69) is 0 Å². The minimum Gasteiger partial charge on any atom is -0.493 e. The summed E-state index contributed by atoms with van der Waals surface area (Å²) in [7, 11) is 4.64. The Bertz CT molecular complexity index is 579. The van der Waals surface area contributed by atoms with Gasteiger partial charge in [0, 0.05) is 24.7 Å². The van der Waals surface area contributed by atoms with Crippen molar-refractivity contribution in [3.8, 4) is 17.2 Å². The maximum Gasteiger partial charge on any atom is 0.254 e. The topological polar surface area (TPSA) is 74.0 Å². The van der Waals surface area contributed by atoms with E-state index in [-0.39, 0.29) is 11.9 Å². The van der Waals surface area contributed by atoms with E-state index in [9.17, 15) is 4.79 Å². The van der Waals surface area contributed by atoms with Crippen LogP contribution in [0.15, 0.2) is 12.1 Å². The molecular formula is C17H24N2O4. The van der Waals surface area contributed by atoms with E-state index < -0.39 is 0 Å². The number of nitrogens with zero attached hydrogens (tertiary/aromatic N) is 1. The van der Waals surface area contributed by atoms with E-state index in [1.165, 1.54) is 0 Å². The fourth-order valence-corrected chi connectivity index (χ4v) is 3.86. The molecule has 126 valence electrons. The molecule has 6 heteroatoms. The highest BCUT2D eigenvalue weighted by atomic mass is 16.5. The van der Waals surface area contributed by atoms with Gasteiger partial charge in [-0.3, -0.25) is 4.79 Å². The largest absolute Gasteiger partial charge is 0.493 e. The Morgan fingerprint density at radius 2 is 1.74 bits per heavy atom. The molecular weight excluding hydrogens is 296 g/mol. The summed E-state index contributed by atoms with van der Waals surface area (Å²) in [5.74, 6) is 2.44. The second-order valence-corrected chi connectivity index (χ2v) is 6.29. The van der Waals surface area contributed by atoms with Gasteiger partial charge in [0.2, 0.25) is 5.75 Å². The van der Waals surface area contributed by atoms with Crippen LogP contribution in [0.4, 0.5) is 0 Å². The van der Waals surface area contributed by atoms with E-state index in [1.54, 1.807) is 33.5 Å². The SMILES string of the molecule is COc1cc(C(=O)N2CC3CCC(N)C3C2)cc(OC)c1OC. The molecule has 1 heterocycles. The van der Waals surface area contributed by atoms with E-state index in [0.717, 1.165) is 25.9 Å². The molecule has 2 N–H and O–H groups in total. The first-order chi connectivity index (χ1) is 11.1. The van der Waals surface area contributed by atoms with Crippen molar-refractivity contribution in [2.45, 2.75) is 18.9 Å². The molecule has 1 aromatic rings. The van der Waals surface area contributed by atoms with E-state index in [0.29, 0.717) is 34.6 Å². The predicted molar refractivity (Wildman–Crippen MR) is 86.2 cm³/mol. The molecule has 1 aliphatic heterocycles. The normalized spacial score (nSPS) is 26.1. The summed E-state index contributed by atoms with van der Waals surface area (Å²) < 4.78 is 16.0. The number of ether oxygens (including phenoxy) is 3. The Morgan fingerprint density at radius 3 is 2.26 bits per heavy atom. The number of likely N-dealkylation sites (tertiary alicyclic amines) is 1. The number of hydrogen-bond donors (Lipinski definition) is 1. The molecule has 1 aliphatic carbocycles. The lowest BCUT2D eigenvalue weighted by molar-refractivity contribution is 0.0778. The molecule has 23 heavy (non-hydrogen) atoms. The molecule has 1 saturated heterocycles. The molecule has 1 amide bonds. The third-order valence-electron chi connectivity index (χ3n) is 5.11. The van der Waals surface area contributed by atoms with Gasteiger partial charge in [-0.1, -0.05) is 0 Å². The second-order valence-electron chi connectivity index (χ2n) is 6.29. The Kier molecular flexibility index (Phi) is 4.35. The third kappa shape index (κ3) is 2.72. The van der Waals surface area contributed by atoms with Crippen LogP contribution in [-0.4, -0.2) is 51.3 Å². The minimum absolute atomic E-state index is 0.00847. The van der Waals surface area contributed by atoms with Gasteiger partial charge in [-0.15, -0.1) is 0 Å². The molecule has 2 fully saturated rings. The van der Waals surface area contributed by atoms with Crippen molar-refractivity contribution in [3.05, 3.63) is 17.7 Å². The zero-order valence-electron chi connectivity index (χ0n) is 13.9. The molecule has 0 aromatic heterocycles. The average molecular weight is 320 g/mol. The number of hydrogen-bond acceptors (Lipinski definition) is 5. The smallest absolute Gasteiger partial charge is 0.254 e. The van der Waals surface area contributed by atoms with Gasteiger partial charge in [0.15, 0.2) is 11.5 Å². The number of carbonyl (C=O) groups is 1. The first-order valence-corrected chi connectivity index (χ1v) is 7.93. The summed E-state index contributed by atoms with van der Waals surface area (Å²) in [4.78, 5) is 14.8. The number of fused-ring (bicyclic) bond motifs is 1. The number of rotatable bonds is 4. The molecule has 0 bridgehead atoms. The van der Waals surface area contributed by atoms with Gasteiger partial charge < -0.3 is 24.8 Å². The van der Waals surface area contributed by atoms with Crippen molar-refractivity contribution in [3.63, 3.8) is 0 Å². The van der Waals surface area contributed by atoms with Crippen LogP contribution in [-0.2, 0) is 0 Å². The van der Waals surface area contributed by atoms with Crippen LogP contribution >= 0.6 is 0 Å². The standard InChI is InChI=1S/C17H24N2O4/c1-21-14-6-11(7-15(22-2)16(14)23-3)17(20)19-8-10-4-5-13(18)12(10)9-19/h6-7,10,12-13H,4-5,8-9,18H2,1-3H3. The van der Waals surface area contributed by atoms with Gasteiger partial charge in [-0.25, -0.2) is 0 Å². The van der Waals surface area contributed by atoms with Gasteiger partial charge in [-0.05, 0) is 36.8 Å². The van der Waals surface area contributed by atoms with Crippen LogP contribution in [0.5, 0.6) is 17.2 Å². The molecule has 0 radical (unpaired) electrons. The monoisotopic (exact) mass is 320 g/mol. The van der Waals surface area contributed by atoms with Crippen LogP contribution in [0.25, 0.3) is 0 Å². The van der Waals surface area contributed by atoms with Crippen LogP contribution in [0, 0.1) is 11.8 Å². The summed E-state index contributed by atoms with van der Waals surface area (Å²) in [6.45, 7) is 1.52. The lowest BCUT2D eigenvalue weighted by atomic mass is 9.98. The first kappa shape index (κ1) is 15.9. The molecule has 6 nitrogen and oxygen atoms in total. The summed E-state index contributed by atoms with van der Waals surface area (Å²) in [6.07, 6.45) is 2.19. The van der Waals surface area contributed by atoms with Crippen molar-refractivity contribution in [1.82, 2.24) is 4.90 Å². The fraction of sp³-hybridized carbons (Fsp3) is 0.588. The Balaban J connectivity index is 1.85. The number of methoxy groups -OCH3 is 3. The molecule has 3 rings (SSSR count). The van der Waals surface area contributed by atoms with Crippen LogP contribution in [0.3, 0.4) is 0 Å². The maximum absolute atomic E-state index is 12.9. The molecule has 1 aromatic carbocycles. The highest BCUT2D eigenvalue weighted by molar-refractivity contribution is 5.96. The van der Waals surface area contributed by atoms with Gasteiger partial charge in [0.05, 0.1) is 21.3 Å². The fourth-order valence-electron chi connectivity index (χ4n) is 3.86. The van der Waals surface area contributed by atoms with Gasteiger partial charge in [0.25, 0.3) is 5.91 Å². The predicted octanol–water partition coefficient (Wildman–Crippen LogP) is 1.52. The average Bonchev–Trinajstić information content (AvgIpc) is 3.15. The number of amides is 1. The Labute approximate surface area is 136 Å². The zero-order chi connectivity index (χ0) is 16.6. The van der Waals surface area contributed by atoms with Crippen LogP contribution in [0.2, 0.25) is 0 Å². The molecule has 0 spiro atoms. The van der Waals surface area contributed by atoms with E-state index in [1.807, 2.05) is 4.90 Å². The zero-order valence-corrected chi connectivity index (χ0v) is 13.9. The molecule has 1 saturated carbocycles. The first-order valence-electron chi connectivity index (χ1n) is 7.93. The van der Waals surface area contributed by atoms with Gasteiger partial charge >= 0.3 is 0 Å². The third-order valence-corrected chi connectivity index (χ3v) is 5.11. The van der Waals surface area contributed by atoms with Crippen molar-refractivity contribution >= 4 is 5.91 Å². The quantitative estimate of drug-likeness (QED) is 0.910. The Hall–Kier alpha value is -1.95. The van der Waals surface area contributed by atoms with Crippen LogP contribution in [0.1, 0.15) is 23.2 Å². The molecule has 3 unspecified atom stereocenters. The van der Waals surface area contributed by atoms with Crippen molar-refractivity contribution < 1.29 is 19.0 Å². The Morgan fingerprint density at radius 1 is 1.09 bits per heavy atom. The summed E-state index contributed by atoms with van der Waals surface area (Å²) in [5, 5.41) is 0. The van der Waals surface area contributed by atoms with Crippen molar-refractivity contribution in [2.24, 2.45) is 17.6 Å². The minimum atomic E-state index is -0.00847. The number of nitrogens with two attached hydrogens (primary N) is 1. The van der Waals surface area contributed by atoms with Crippen molar-refractivity contribution in [2.75, 3.05) is 34.4 Å². The number of carbonyl (C=O) groups excluding carboxylic acids is 1. The van der Waals surface area contributed by atoms with Gasteiger partial charge in [0.1, 0.15) is 0 Å². The van der Waals surface area contributed by atoms with Gasteiger partial charge in [-0.2, -0.15) is 0 Å². The molecule has 2 aliphatic rings. The summed E-state index contributed by atoms with van der Waals surface area (Å²) >= 11 is 0. The summed E-state index contributed by atoms with van der Waals surface area (Å²) in [5.41, 5.74) is 6.70. The lowest BCUT2D eigenvalue weighted by Gasteiger charge is -2.20. The van der Waals surface area contributed by atoms with Crippen LogP contribution < -0.4 is 19.9 Å². The highest BCUT2D eigenvalue weighted by Crippen LogP contribution is 2.40.